The number of halogens is 1. The SMILES string of the molecule is CCCCC(CC)(Cc1c(C)nn(C)c1Cl)C(=O)O. The Morgan fingerprint density at radius 3 is 2.47 bits per heavy atom. The molecular weight excluding hydrogens is 264 g/mol. The molecule has 0 aliphatic rings. The van der Waals surface area contributed by atoms with E-state index in [4.69, 9.17) is 11.6 Å². The fraction of sp³-hybridized carbons (Fsp3) is 0.714. The van der Waals surface area contributed by atoms with Crippen LogP contribution in [-0.4, -0.2) is 20.9 Å². The topological polar surface area (TPSA) is 55.1 Å². The smallest absolute Gasteiger partial charge is 0.309 e. The van der Waals surface area contributed by atoms with Crippen LogP contribution in [0.15, 0.2) is 0 Å². The lowest BCUT2D eigenvalue weighted by molar-refractivity contribution is -0.149. The molecule has 0 aliphatic carbocycles. The first kappa shape index (κ1) is 16.0. The zero-order valence-electron chi connectivity index (χ0n) is 12.2. The molecule has 19 heavy (non-hydrogen) atoms. The molecule has 0 aromatic carbocycles. The second-order valence-electron chi connectivity index (χ2n) is 5.20. The van der Waals surface area contributed by atoms with E-state index in [-0.39, 0.29) is 0 Å². The molecule has 0 spiro atoms. The Kier molecular flexibility index (Phi) is 5.41. The van der Waals surface area contributed by atoms with E-state index in [9.17, 15) is 9.90 Å². The molecule has 5 heteroatoms. The average Bonchev–Trinajstić information content (AvgIpc) is 2.60. The Bertz CT molecular complexity index is 457. The molecule has 0 bridgehead atoms. The summed E-state index contributed by atoms with van der Waals surface area (Å²) in [6, 6.07) is 0. The van der Waals surface area contributed by atoms with Gasteiger partial charge in [0.05, 0.1) is 11.1 Å². The molecule has 0 amide bonds. The van der Waals surface area contributed by atoms with Crippen LogP contribution in [0, 0.1) is 12.3 Å². The summed E-state index contributed by atoms with van der Waals surface area (Å²) in [4.78, 5) is 11.7. The predicted octanol–water partition coefficient (Wildman–Crippen LogP) is 3.60. The lowest BCUT2D eigenvalue weighted by atomic mass is 9.75. The van der Waals surface area contributed by atoms with Gasteiger partial charge in [0, 0.05) is 12.6 Å². The Morgan fingerprint density at radius 2 is 2.11 bits per heavy atom. The summed E-state index contributed by atoms with van der Waals surface area (Å²) in [6.07, 6.45) is 3.65. The predicted molar refractivity (Wildman–Crippen MR) is 76.5 cm³/mol. The molecule has 1 heterocycles. The fourth-order valence-corrected chi connectivity index (χ4v) is 2.69. The summed E-state index contributed by atoms with van der Waals surface area (Å²) >= 11 is 6.22. The zero-order chi connectivity index (χ0) is 14.6. The van der Waals surface area contributed by atoms with Crippen LogP contribution in [0.5, 0.6) is 0 Å². The summed E-state index contributed by atoms with van der Waals surface area (Å²) < 4.78 is 1.61. The van der Waals surface area contributed by atoms with E-state index < -0.39 is 11.4 Å². The third kappa shape index (κ3) is 3.30. The Morgan fingerprint density at radius 1 is 1.47 bits per heavy atom. The molecular formula is C14H23ClN2O2. The molecule has 1 rings (SSSR count). The van der Waals surface area contributed by atoms with Crippen LogP contribution < -0.4 is 0 Å². The summed E-state index contributed by atoms with van der Waals surface area (Å²) in [6.45, 7) is 5.89. The van der Waals surface area contributed by atoms with Crippen molar-refractivity contribution in [2.45, 2.75) is 52.9 Å². The second-order valence-corrected chi connectivity index (χ2v) is 5.56. The monoisotopic (exact) mass is 286 g/mol. The summed E-state index contributed by atoms with van der Waals surface area (Å²) in [5, 5.41) is 14.4. The Hall–Kier alpha value is -1.03. The number of hydrogen-bond acceptors (Lipinski definition) is 2. The van der Waals surface area contributed by atoms with Crippen molar-refractivity contribution < 1.29 is 9.90 Å². The number of aromatic nitrogens is 2. The van der Waals surface area contributed by atoms with Gasteiger partial charge in [0.2, 0.25) is 0 Å². The van der Waals surface area contributed by atoms with Crippen molar-refractivity contribution in [3.05, 3.63) is 16.4 Å². The molecule has 108 valence electrons. The van der Waals surface area contributed by atoms with Crippen LogP contribution in [-0.2, 0) is 18.3 Å². The molecule has 0 saturated heterocycles. The Labute approximate surface area is 119 Å². The van der Waals surface area contributed by atoms with Crippen LogP contribution in [0.2, 0.25) is 5.15 Å². The number of aliphatic carboxylic acids is 1. The summed E-state index contributed by atoms with van der Waals surface area (Å²) in [5.41, 5.74) is 0.959. The van der Waals surface area contributed by atoms with Gasteiger partial charge in [-0.05, 0) is 26.2 Å². The zero-order valence-corrected chi connectivity index (χ0v) is 12.9. The first-order chi connectivity index (χ1) is 8.88. The highest BCUT2D eigenvalue weighted by molar-refractivity contribution is 6.30. The minimum Gasteiger partial charge on any atom is -0.481 e. The van der Waals surface area contributed by atoms with Crippen molar-refractivity contribution >= 4 is 17.6 Å². The third-order valence-electron chi connectivity index (χ3n) is 3.92. The van der Waals surface area contributed by atoms with Gasteiger partial charge in [-0.1, -0.05) is 38.3 Å². The standard InChI is InChI=1S/C14H23ClN2O2/c1-5-7-8-14(6-2,13(18)19)9-11-10(3)16-17(4)12(11)15/h5-9H2,1-4H3,(H,18,19). The summed E-state index contributed by atoms with van der Waals surface area (Å²) in [7, 11) is 1.78. The van der Waals surface area contributed by atoms with Crippen molar-refractivity contribution in [2.24, 2.45) is 12.5 Å². The van der Waals surface area contributed by atoms with Crippen molar-refractivity contribution in [1.82, 2.24) is 9.78 Å². The van der Waals surface area contributed by atoms with Gasteiger partial charge < -0.3 is 5.11 Å². The second kappa shape index (κ2) is 6.42. The molecule has 1 aromatic heterocycles. The highest BCUT2D eigenvalue weighted by atomic mass is 35.5. The molecule has 0 radical (unpaired) electrons. The average molecular weight is 287 g/mol. The van der Waals surface area contributed by atoms with Crippen molar-refractivity contribution in [3.63, 3.8) is 0 Å². The lowest BCUT2D eigenvalue weighted by Gasteiger charge is -2.28. The molecule has 1 aromatic rings. The highest BCUT2D eigenvalue weighted by Crippen LogP contribution is 2.36. The number of unbranched alkanes of at least 4 members (excludes halogenated alkanes) is 1. The minimum atomic E-state index is -0.734. The van der Waals surface area contributed by atoms with Crippen LogP contribution in [0.4, 0.5) is 0 Å². The molecule has 1 N–H and O–H groups in total. The maximum Gasteiger partial charge on any atom is 0.309 e. The van der Waals surface area contributed by atoms with Crippen molar-refractivity contribution in [3.8, 4) is 0 Å². The van der Waals surface area contributed by atoms with E-state index >= 15 is 0 Å². The third-order valence-corrected chi connectivity index (χ3v) is 4.40. The maximum atomic E-state index is 11.7. The van der Waals surface area contributed by atoms with Gasteiger partial charge in [-0.25, -0.2) is 0 Å². The van der Waals surface area contributed by atoms with Crippen LogP contribution >= 0.6 is 11.6 Å². The number of carboxylic acids is 1. The van der Waals surface area contributed by atoms with Gasteiger partial charge in [-0.15, -0.1) is 0 Å². The first-order valence-electron chi connectivity index (χ1n) is 6.79. The van der Waals surface area contributed by atoms with Gasteiger partial charge >= 0.3 is 5.97 Å². The van der Waals surface area contributed by atoms with E-state index in [1.807, 2.05) is 13.8 Å². The molecule has 1 atom stereocenters. The van der Waals surface area contributed by atoms with E-state index in [2.05, 4.69) is 12.0 Å². The van der Waals surface area contributed by atoms with Gasteiger partial charge in [0.1, 0.15) is 5.15 Å². The van der Waals surface area contributed by atoms with Crippen molar-refractivity contribution in [2.75, 3.05) is 0 Å². The van der Waals surface area contributed by atoms with Crippen LogP contribution in [0.25, 0.3) is 0 Å². The van der Waals surface area contributed by atoms with Gasteiger partial charge in [-0.3, -0.25) is 9.48 Å². The van der Waals surface area contributed by atoms with E-state index in [1.165, 1.54) is 0 Å². The summed E-state index contributed by atoms with van der Waals surface area (Å²) in [5.74, 6) is -0.734. The normalized spacial score (nSPS) is 14.4. The Balaban J connectivity index is 3.09. The highest BCUT2D eigenvalue weighted by Gasteiger charge is 2.37. The number of carboxylic acid groups (broad SMARTS) is 1. The van der Waals surface area contributed by atoms with Gasteiger partial charge in [0.25, 0.3) is 0 Å². The number of hydrogen-bond donors (Lipinski definition) is 1. The number of nitrogens with zero attached hydrogens (tertiary/aromatic N) is 2. The van der Waals surface area contributed by atoms with E-state index in [0.29, 0.717) is 24.4 Å². The lowest BCUT2D eigenvalue weighted by Crippen LogP contribution is -2.33. The van der Waals surface area contributed by atoms with Crippen LogP contribution in [0.1, 0.15) is 50.8 Å². The van der Waals surface area contributed by atoms with E-state index in [0.717, 1.165) is 24.1 Å². The minimum absolute atomic E-state index is 0.456. The quantitative estimate of drug-likeness (QED) is 0.833. The van der Waals surface area contributed by atoms with Gasteiger partial charge in [-0.2, -0.15) is 5.10 Å². The number of rotatable bonds is 7. The largest absolute Gasteiger partial charge is 0.481 e. The molecule has 0 aliphatic heterocycles. The van der Waals surface area contributed by atoms with E-state index in [1.54, 1.807) is 11.7 Å². The fourth-order valence-electron chi connectivity index (χ4n) is 2.45. The molecule has 0 saturated carbocycles. The molecule has 1 unspecified atom stereocenters. The number of aryl methyl sites for hydroxylation is 2. The van der Waals surface area contributed by atoms with Crippen molar-refractivity contribution in [1.29, 1.82) is 0 Å². The maximum absolute atomic E-state index is 11.7. The van der Waals surface area contributed by atoms with Crippen LogP contribution in [0.3, 0.4) is 0 Å². The molecule has 0 fully saturated rings. The number of carbonyl (C=O) groups is 1. The van der Waals surface area contributed by atoms with Gasteiger partial charge in [0.15, 0.2) is 0 Å². The first-order valence-corrected chi connectivity index (χ1v) is 7.17. The molecule has 4 nitrogen and oxygen atoms in total.